The van der Waals surface area contributed by atoms with Crippen LogP contribution in [-0.2, 0) is 13.1 Å². The molecule has 0 unspecified atom stereocenters. The molecular weight excluding hydrogens is 421 g/mol. The molecule has 0 saturated carbocycles. The molecule has 6 heteroatoms. The Hall–Kier alpha value is -1.28. The largest absolute Gasteiger partial charge is 0.496 e. The van der Waals surface area contributed by atoms with Crippen molar-refractivity contribution in [1.82, 2.24) is 10.6 Å². The fourth-order valence-electron chi connectivity index (χ4n) is 2.07. The van der Waals surface area contributed by atoms with Crippen LogP contribution in [0.3, 0.4) is 0 Å². The van der Waals surface area contributed by atoms with E-state index in [2.05, 4.69) is 59.1 Å². The Morgan fingerprint density at radius 2 is 2.09 bits per heavy atom. The highest BCUT2D eigenvalue weighted by molar-refractivity contribution is 14.0. The van der Waals surface area contributed by atoms with Gasteiger partial charge in [-0.2, -0.15) is 0 Å². The summed E-state index contributed by atoms with van der Waals surface area (Å²) < 4.78 is 5.43. The number of guanidine groups is 1. The number of aliphatic imine (C=N–C) groups is 1. The van der Waals surface area contributed by atoms with Gasteiger partial charge < -0.3 is 15.4 Å². The SMILES string of the molecule is CCNC(=NCc1ccc(C)cc1OC)NCc1cccs1.I. The molecule has 0 aliphatic heterocycles. The number of hydrogen-bond acceptors (Lipinski definition) is 3. The third-order valence-electron chi connectivity index (χ3n) is 3.20. The quantitative estimate of drug-likeness (QED) is 0.402. The summed E-state index contributed by atoms with van der Waals surface area (Å²) in [6.45, 7) is 6.33. The van der Waals surface area contributed by atoms with Gasteiger partial charge in [-0.05, 0) is 36.9 Å². The number of nitrogens with one attached hydrogen (secondary N) is 2. The average Bonchev–Trinajstić information content (AvgIpc) is 3.04. The summed E-state index contributed by atoms with van der Waals surface area (Å²) in [7, 11) is 1.70. The molecule has 0 radical (unpaired) electrons. The minimum atomic E-state index is 0. The Morgan fingerprint density at radius 3 is 2.74 bits per heavy atom. The molecule has 1 heterocycles. The van der Waals surface area contributed by atoms with E-state index in [1.54, 1.807) is 18.4 Å². The number of nitrogens with zero attached hydrogens (tertiary/aromatic N) is 1. The van der Waals surface area contributed by atoms with E-state index in [-0.39, 0.29) is 24.0 Å². The van der Waals surface area contributed by atoms with E-state index in [1.807, 2.05) is 6.07 Å². The molecule has 1 aromatic heterocycles. The average molecular weight is 445 g/mol. The highest BCUT2D eigenvalue weighted by Crippen LogP contribution is 2.20. The van der Waals surface area contributed by atoms with Crippen molar-refractivity contribution in [3.05, 3.63) is 51.7 Å². The lowest BCUT2D eigenvalue weighted by molar-refractivity contribution is 0.409. The van der Waals surface area contributed by atoms with Crippen LogP contribution in [0.5, 0.6) is 5.75 Å². The Morgan fingerprint density at radius 1 is 1.26 bits per heavy atom. The number of ether oxygens (including phenoxy) is 1. The van der Waals surface area contributed by atoms with Crippen LogP contribution in [-0.4, -0.2) is 19.6 Å². The lowest BCUT2D eigenvalue weighted by atomic mass is 10.1. The van der Waals surface area contributed by atoms with Crippen molar-refractivity contribution in [2.45, 2.75) is 26.9 Å². The second-order valence-corrected chi connectivity index (χ2v) is 5.98. The van der Waals surface area contributed by atoms with Crippen LogP contribution < -0.4 is 15.4 Å². The molecule has 4 nitrogen and oxygen atoms in total. The topological polar surface area (TPSA) is 45.7 Å². The molecule has 1 aromatic carbocycles. The third kappa shape index (κ3) is 6.39. The normalized spacial score (nSPS) is 10.8. The number of thiophene rings is 1. The zero-order valence-corrected chi connectivity index (χ0v) is 16.9. The number of benzene rings is 1. The Labute approximate surface area is 159 Å². The van der Waals surface area contributed by atoms with E-state index in [9.17, 15) is 0 Å². The first kappa shape index (κ1) is 19.8. The van der Waals surface area contributed by atoms with Crippen LogP contribution in [0, 0.1) is 6.92 Å². The minimum Gasteiger partial charge on any atom is -0.496 e. The van der Waals surface area contributed by atoms with Crippen molar-refractivity contribution >= 4 is 41.3 Å². The van der Waals surface area contributed by atoms with E-state index in [0.717, 1.165) is 30.4 Å². The van der Waals surface area contributed by atoms with Crippen LogP contribution in [0.2, 0.25) is 0 Å². The van der Waals surface area contributed by atoms with Crippen molar-refractivity contribution in [3.8, 4) is 5.75 Å². The van der Waals surface area contributed by atoms with Gasteiger partial charge in [0, 0.05) is 17.0 Å². The summed E-state index contributed by atoms with van der Waals surface area (Å²) in [6, 6.07) is 10.4. The number of aryl methyl sites for hydroxylation is 1. The number of methoxy groups -OCH3 is 1. The number of rotatable bonds is 6. The summed E-state index contributed by atoms with van der Waals surface area (Å²) in [5, 5.41) is 8.70. The summed E-state index contributed by atoms with van der Waals surface area (Å²) >= 11 is 1.74. The van der Waals surface area contributed by atoms with Crippen LogP contribution in [0.4, 0.5) is 0 Å². The van der Waals surface area contributed by atoms with Gasteiger partial charge in [-0.15, -0.1) is 35.3 Å². The van der Waals surface area contributed by atoms with Gasteiger partial charge in [0.1, 0.15) is 5.75 Å². The predicted molar refractivity (Wildman–Crippen MR) is 109 cm³/mol. The first-order chi connectivity index (χ1) is 10.7. The molecule has 2 aromatic rings. The maximum Gasteiger partial charge on any atom is 0.191 e. The second-order valence-electron chi connectivity index (χ2n) is 4.94. The van der Waals surface area contributed by atoms with E-state index >= 15 is 0 Å². The highest BCUT2D eigenvalue weighted by Gasteiger charge is 2.04. The van der Waals surface area contributed by atoms with Gasteiger partial charge in [-0.1, -0.05) is 18.2 Å². The molecule has 0 saturated heterocycles. The molecule has 0 aliphatic rings. The maximum atomic E-state index is 5.43. The van der Waals surface area contributed by atoms with E-state index in [4.69, 9.17) is 4.74 Å². The zero-order chi connectivity index (χ0) is 15.8. The third-order valence-corrected chi connectivity index (χ3v) is 4.08. The van der Waals surface area contributed by atoms with Gasteiger partial charge in [0.2, 0.25) is 0 Å². The van der Waals surface area contributed by atoms with Gasteiger partial charge in [-0.3, -0.25) is 0 Å². The van der Waals surface area contributed by atoms with Crippen molar-refractivity contribution in [1.29, 1.82) is 0 Å². The molecule has 0 aliphatic carbocycles. The first-order valence-electron chi connectivity index (χ1n) is 7.41. The van der Waals surface area contributed by atoms with Gasteiger partial charge >= 0.3 is 0 Å². The molecule has 23 heavy (non-hydrogen) atoms. The molecule has 2 rings (SSSR count). The fourth-order valence-corrected chi connectivity index (χ4v) is 2.72. The lowest BCUT2D eigenvalue weighted by Crippen LogP contribution is -2.36. The van der Waals surface area contributed by atoms with E-state index in [0.29, 0.717) is 6.54 Å². The predicted octanol–water partition coefficient (Wildman–Crippen LogP) is 3.94. The van der Waals surface area contributed by atoms with Crippen molar-refractivity contribution in [2.75, 3.05) is 13.7 Å². The van der Waals surface area contributed by atoms with Gasteiger partial charge in [0.25, 0.3) is 0 Å². The Kier molecular flexibility index (Phi) is 9.01. The van der Waals surface area contributed by atoms with Crippen LogP contribution in [0.15, 0.2) is 40.7 Å². The zero-order valence-electron chi connectivity index (χ0n) is 13.8. The molecule has 0 atom stereocenters. The molecule has 0 fully saturated rings. The van der Waals surface area contributed by atoms with Gasteiger partial charge in [-0.25, -0.2) is 4.99 Å². The van der Waals surface area contributed by atoms with Crippen molar-refractivity contribution in [2.24, 2.45) is 4.99 Å². The van der Waals surface area contributed by atoms with Gasteiger partial charge in [0.05, 0.1) is 20.2 Å². The summed E-state index contributed by atoms with van der Waals surface area (Å²) in [4.78, 5) is 5.93. The molecule has 0 amide bonds. The lowest BCUT2D eigenvalue weighted by Gasteiger charge is -2.12. The smallest absolute Gasteiger partial charge is 0.191 e. The maximum absolute atomic E-state index is 5.43. The van der Waals surface area contributed by atoms with Crippen LogP contribution >= 0.6 is 35.3 Å². The van der Waals surface area contributed by atoms with Crippen LogP contribution in [0.25, 0.3) is 0 Å². The minimum absolute atomic E-state index is 0. The fraction of sp³-hybridized carbons (Fsp3) is 0.353. The monoisotopic (exact) mass is 445 g/mol. The van der Waals surface area contributed by atoms with Gasteiger partial charge in [0.15, 0.2) is 5.96 Å². The molecule has 0 bridgehead atoms. The molecule has 126 valence electrons. The Balaban J connectivity index is 0.00000264. The first-order valence-corrected chi connectivity index (χ1v) is 8.29. The number of halogens is 1. The van der Waals surface area contributed by atoms with Crippen LogP contribution in [0.1, 0.15) is 22.9 Å². The van der Waals surface area contributed by atoms with Crippen molar-refractivity contribution in [3.63, 3.8) is 0 Å². The summed E-state index contributed by atoms with van der Waals surface area (Å²) in [5.74, 6) is 1.70. The van der Waals surface area contributed by atoms with Crippen molar-refractivity contribution < 1.29 is 4.74 Å². The number of hydrogen-bond donors (Lipinski definition) is 2. The molecule has 0 spiro atoms. The Bertz CT molecular complexity index is 614. The van der Waals surface area contributed by atoms with E-state index < -0.39 is 0 Å². The molecular formula is C17H24IN3OS. The summed E-state index contributed by atoms with van der Waals surface area (Å²) in [5.41, 5.74) is 2.27. The molecule has 2 N–H and O–H groups in total. The second kappa shape index (κ2) is 10.5. The summed E-state index contributed by atoms with van der Waals surface area (Å²) in [6.07, 6.45) is 0. The highest BCUT2D eigenvalue weighted by atomic mass is 127. The standard InChI is InChI=1S/C17H23N3OS.HI/c1-4-18-17(20-12-15-6-5-9-22-15)19-11-14-8-7-13(2)10-16(14)21-3;/h5-10H,4,11-12H2,1-3H3,(H2,18,19,20);1H. The van der Waals surface area contributed by atoms with E-state index in [1.165, 1.54) is 10.4 Å².